The molecule has 0 aliphatic carbocycles. The van der Waals surface area contributed by atoms with E-state index in [1.165, 1.54) is 6.07 Å². The number of hydrogen-bond acceptors (Lipinski definition) is 4. The van der Waals surface area contributed by atoms with Gasteiger partial charge in [-0.3, -0.25) is 9.48 Å². The third kappa shape index (κ3) is 3.63. The Morgan fingerprint density at radius 3 is 2.70 bits per heavy atom. The molecule has 0 saturated heterocycles. The van der Waals surface area contributed by atoms with Crippen LogP contribution in [0.3, 0.4) is 0 Å². The van der Waals surface area contributed by atoms with Gasteiger partial charge in [-0.25, -0.2) is 0 Å². The van der Waals surface area contributed by atoms with Gasteiger partial charge in [0.05, 0.1) is 33.7 Å². The topological polar surface area (TPSA) is 79.9 Å². The van der Waals surface area contributed by atoms with E-state index in [0.29, 0.717) is 17.0 Å². The molecule has 23 heavy (non-hydrogen) atoms. The molecule has 1 heterocycles. The smallest absolute Gasteiger partial charge is 0.265 e. The number of nitrogens with zero attached hydrogens (tertiary/aromatic N) is 3. The molecule has 0 fully saturated rings. The van der Waals surface area contributed by atoms with E-state index in [4.69, 9.17) is 21.6 Å². The lowest BCUT2D eigenvalue weighted by atomic mass is 10.2. The number of benzene rings is 1. The Labute approximate surface area is 139 Å². The number of anilines is 1. The van der Waals surface area contributed by atoms with Gasteiger partial charge in [0, 0.05) is 7.05 Å². The third-order valence-electron chi connectivity index (χ3n) is 3.49. The van der Waals surface area contributed by atoms with Crippen molar-refractivity contribution < 1.29 is 9.53 Å². The first-order valence-corrected chi connectivity index (χ1v) is 7.38. The van der Waals surface area contributed by atoms with Crippen LogP contribution < -0.4 is 10.1 Å². The molecule has 1 N–H and O–H groups in total. The van der Waals surface area contributed by atoms with Crippen molar-refractivity contribution in [2.45, 2.75) is 26.9 Å². The molecule has 0 aliphatic heterocycles. The van der Waals surface area contributed by atoms with Crippen molar-refractivity contribution in [1.82, 2.24) is 9.78 Å². The molecule has 7 heteroatoms. The van der Waals surface area contributed by atoms with Crippen molar-refractivity contribution in [2.75, 3.05) is 5.32 Å². The molecular formula is C16H17ClN4O2. The molecule has 2 aromatic rings. The van der Waals surface area contributed by atoms with Gasteiger partial charge in [0.15, 0.2) is 6.10 Å². The number of carbonyl (C=O) groups excluding carboxylic acids is 1. The molecule has 1 aromatic carbocycles. The Bertz CT molecular complexity index is 792. The van der Waals surface area contributed by atoms with Crippen LogP contribution in [-0.2, 0) is 11.8 Å². The Balaban J connectivity index is 2.10. The van der Waals surface area contributed by atoms with Crippen molar-refractivity contribution >= 4 is 23.2 Å². The van der Waals surface area contributed by atoms with Crippen LogP contribution in [0.25, 0.3) is 0 Å². The highest BCUT2D eigenvalue weighted by atomic mass is 35.5. The highest BCUT2D eigenvalue weighted by molar-refractivity contribution is 6.32. The maximum atomic E-state index is 12.3. The first-order valence-electron chi connectivity index (χ1n) is 7.01. The Kier molecular flexibility index (Phi) is 4.92. The minimum Gasteiger partial charge on any atom is -0.479 e. The van der Waals surface area contributed by atoms with E-state index in [-0.39, 0.29) is 10.9 Å². The Morgan fingerprint density at radius 1 is 1.48 bits per heavy atom. The number of aromatic nitrogens is 2. The van der Waals surface area contributed by atoms with Crippen molar-refractivity contribution in [2.24, 2.45) is 7.05 Å². The summed E-state index contributed by atoms with van der Waals surface area (Å²) in [5.74, 6) is 0.0533. The summed E-state index contributed by atoms with van der Waals surface area (Å²) < 4.78 is 7.29. The van der Waals surface area contributed by atoms with Crippen LogP contribution in [0.2, 0.25) is 5.02 Å². The van der Waals surface area contributed by atoms with E-state index in [1.54, 1.807) is 23.7 Å². The SMILES string of the molecule is Cc1nn(C)c(C)c1NC(=O)C(C)Oc1ccc(C#N)cc1Cl. The maximum absolute atomic E-state index is 12.3. The Morgan fingerprint density at radius 2 is 2.17 bits per heavy atom. The van der Waals surface area contributed by atoms with Gasteiger partial charge in [0.1, 0.15) is 5.75 Å². The molecule has 120 valence electrons. The summed E-state index contributed by atoms with van der Waals surface area (Å²) in [5.41, 5.74) is 2.71. The van der Waals surface area contributed by atoms with E-state index in [2.05, 4.69) is 10.4 Å². The highest BCUT2D eigenvalue weighted by Crippen LogP contribution is 2.26. The molecule has 1 aromatic heterocycles. The number of ether oxygens (including phenoxy) is 1. The van der Waals surface area contributed by atoms with Gasteiger partial charge < -0.3 is 10.1 Å². The van der Waals surface area contributed by atoms with Crippen LogP contribution in [0.4, 0.5) is 5.69 Å². The quantitative estimate of drug-likeness (QED) is 0.933. The summed E-state index contributed by atoms with van der Waals surface area (Å²) >= 11 is 6.05. The largest absolute Gasteiger partial charge is 0.479 e. The number of nitrogens with one attached hydrogen (secondary N) is 1. The van der Waals surface area contributed by atoms with E-state index < -0.39 is 6.10 Å². The number of hydrogen-bond donors (Lipinski definition) is 1. The lowest BCUT2D eigenvalue weighted by Crippen LogP contribution is -2.30. The van der Waals surface area contributed by atoms with Gasteiger partial charge in [0.2, 0.25) is 0 Å². The van der Waals surface area contributed by atoms with Crippen LogP contribution in [-0.4, -0.2) is 21.8 Å². The minimum atomic E-state index is -0.751. The number of aryl methyl sites for hydroxylation is 2. The number of nitriles is 1. The summed E-state index contributed by atoms with van der Waals surface area (Å²) in [6.07, 6.45) is -0.751. The average molecular weight is 333 g/mol. The van der Waals surface area contributed by atoms with Crippen molar-refractivity contribution in [3.63, 3.8) is 0 Å². The second-order valence-electron chi connectivity index (χ2n) is 5.18. The van der Waals surface area contributed by atoms with Gasteiger partial charge in [-0.15, -0.1) is 0 Å². The number of amides is 1. The summed E-state index contributed by atoms with van der Waals surface area (Å²) in [6, 6.07) is 6.65. The zero-order chi connectivity index (χ0) is 17.1. The number of rotatable bonds is 4. The molecule has 0 aliphatic rings. The average Bonchev–Trinajstić information content (AvgIpc) is 2.75. The molecule has 0 spiro atoms. The Hall–Kier alpha value is -2.52. The summed E-state index contributed by atoms with van der Waals surface area (Å²) in [6.45, 7) is 5.33. The van der Waals surface area contributed by atoms with E-state index in [9.17, 15) is 4.79 Å². The van der Waals surface area contributed by atoms with Crippen molar-refractivity contribution in [3.05, 3.63) is 40.2 Å². The highest BCUT2D eigenvalue weighted by Gasteiger charge is 2.19. The van der Waals surface area contributed by atoms with E-state index in [0.717, 1.165) is 11.4 Å². The number of halogens is 1. The van der Waals surface area contributed by atoms with Gasteiger partial charge in [0.25, 0.3) is 5.91 Å². The molecule has 6 nitrogen and oxygen atoms in total. The first kappa shape index (κ1) is 16.8. The summed E-state index contributed by atoms with van der Waals surface area (Å²) in [7, 11) is 1.81. The molecule has 1 amide bonds. The van der Waals surface area contributed by atoms with Crippen LogP contribution in [0, 0.1) is 25.2 Å². The summed E-state index contributed by atoms with van der Waals surface area (Å²) in [4.78, 5) is 12.3. The second kappa shape index (κ2) is 6.71. The zero-order valence-electron chi connectivity index (χ0n) is 13.3. The molecule has 1 unspecified atom stereocenters. The normalized spacial score (nSPS) is 11.7. The molecule has 1 atom stereocenters. The fourth-order valence-electron chi connectivity index (χ4n) is 2.09. The standard InChI is InChI=1S/C16H17ClN4O2/c1-9-15(10(2)21(4)20-9)19-16(22)11(3)23-14-6-5-12(8-18)7-13(14)17/h5-7,11H,1-4H3,(H,19,22). The molecule has 0 radical (unpaired) electrons. The lowest BCUT2D eigenvalue weighted by molar-refractivity contribution is -0.122. The zero-order valence-corrected chi connectivity index (χ0v) is 14.1. The van der Waals surface area contributed by atoms with Gasteiger partial charge in [-0.2, -0.15) is 10.4 Å². The van der Waals surface area contributed by atoms with Crippen molar-refractivity contribution in [3.8, 4) is 11.8 Å². The molecule has 0 saturated carbocycles. The molecule has 2 rings (SSSR count). The van der Waals surface area contributed by atoms with Gasteiger partial charge in [-0.05, 0) is 39.0 Å². The first-order chi connectivity index (χ1) is 10.8. The van der Waals surface area contributed by atoms with E-state index >= 15 is 0 Å². The fraction of sp³-hybridized carbons (Fsp3) is 0.312. The van der Waals surface area contributed by atoms with Crippen LogP contribution >= 0.6 is 11.6 Å². The van der Waals surface area contributed by atoms with Gasteiger partial charge >= 0.3 is 0 Å². The molecule has 0 bridgehead atoms. The fourth-order valence-corrected chi connectivity index (χ4v) is 2.31. The monoisotopic (exact) mass is 332 g/mol. The van der Waals surface area contributed by atoms with Crippen LogP contribution in [0.1, 0.15) is 23.9 Å². The minimum absolute atomic E-state index is 0.289. The van der Waals surface area contributed by atoms with Crippen molar-refractivity contribution in [1.29, 1.82) is 5.26 Å². The summed E-state index contributed by atoms with van der Waals surface area (Å²) in [5, 5.41) is 16.2. The molecular weight excluding hydrogens is 316 g/mol. The van der Waals surface area contributed by atoms with Crippen LogP contribution in [0.5, 0.6) is 5.75 Å². The van der Waals surface area contributed by atoms with Gasteiger partial charge in [-0.1, -0.05) is 11.6 Å². The van der Waals surface area contributed by atoms with E-state index in [1.807, 2.05) is 27.0 Å². The number of carbonyl (C=O) groups is 1. The van der Waals surface area contributed by atoms with Crippen LogP contribution in [0.15, 0.2) is 18.2 Å². The third-order valence-corrected chi connectivity index (χ3v) is 3.79. The second-order valence-corrected chi connectivity index (χ2v) is 5.58. The predicted octanol–water partition coefficient (Wildman–Crippen LogP) is 2.97. The maximum Gasteiger partial charge on any atom is 0.265 e. The lowest BCUT2D eigenvalue weighted by Gasteiger charge is -2.16. The predicted molar refractivity (Wildman–Crippen MR) is 87.6 cm³/mol.